The summed E-state index contributed by atoms with van der Waals surface area (Å²) in [4.78, 5) is 23.1. The fraction of sp³-hybridized carbons (Fsp3) is 0.467. The first kappa shape index (κ1) is 14.2. The Hall–Kier alpha value is -1.75. The van der Waals surface area contributed by atoms with Crippen LogP contribution < -0.4 is 10.1 Å². The predicted octanol–water partition coefficient (Wildman–Crippen LogP) is 2.01. The van der Waals surface area contributed by atoms with Gasteiger partial charge in [-0.05, 0) is 43.0 Å². The Bertz CT molecular complexity index is 589. The summed E-state index contributed by atoms with van der Waals surface area (Å²) in [6.45, 7) is 0. The highest BCUT2D eigenvalue weighted by Crippen LogP contribution is 2.32. The van der Waals surface area contributed by atoms with Gasteiger partial charge in [0.05, 0.1) is 5.92 Å². The third kappa shape index (κ3) is 2.97. The molecule has 21 heavy (non-hydrogen) atoms. The SMILES string of the molecule is O=C(N[C@@H]1CC[C@H](C(=O)O)C1)C1Cc2cc(Cl)ccc2O1. The monoisotopic (exact) mass is 309 g/mol. The van der Waals surface area contributed by atoms with Crippen molar-refractivity contribution in [2.24, 2.45) is 5.92 Å². The van der Waals surface area contributed by atoms with E-state index in [1.807, 2.05) is 0 Å². The Morgan fingerprint density at radius 1 is 1.33 bits per heavy atom. The fourth-order valence-electron chi connectivity index (χ4n) is 2.99. The van der Waals surface area contributed by atoms with E-state index in [1.165, 1.54) is 0 Å². The number of hydrogen-bond donors (Lipinski definition) is 2. The predicted molar refractivity (Wildman–Crippen MR) is 76.5 cm³/mol. The molecule has 6 heteroatoms. The van der Waals surface area contributed by atoms with Crippen LogP contribution in [0.15, 0.2) is 18.2 Å². The molecule has 0 radical (unpaired) electrons. The second kappa shape index (κ2) is 5.56. The number of carboxylic acid groups (broad SMARTS) is 1. The molecular formula is C15H16ClNO4. The first-order valence-electron chi connectivity index (χ1n) is 7.01. The highest BCUT2D eigenvalue weighted by atomic mass is 35.5. The lowest BCUT2D eigenvalue weighted by Crippen LogP contribution is -2.42. The molecule has 0 saturated heterocycles. The number of carbonyl (C=O) groups is 2. The van der Waals surface area contributed by atoms with Crippen LogP contribution in [0.1, 0.15) is 24.8 Å². The molecule has 1 saturated carbocycles. The van der Waals surface area contributed by atoms with Gasteiger partial charge in [0.1, 0.15) is 5.75 Å². The van der Waals surface area contributed by atoms with Gasteiger partial charge >= 0.3 is 5.97 Å². The maximum Gasteiger partial charge on any atom is 0.306 e. The number of hydrogen-bond acceptors (Lipinski definition) is 3. The minimum Gasteiger partial charge on any atom is -0.481 e. The van der Waals surface area contributed by atoms with Crippen molar-refractivity contribution in [3.8, 4) is 5.75 Å². The largest absolute Gasteiger partial charge is 0.481 e. The Labute approximate surface area is 127 Å². The summed E-state index contributed by atoms with van der Waals surface area (Å²) < 4.78 is 5.62. The lowest BCUT2D eigenvalue weighted by molar-refractivity contribution is -0.141. The fourth-order valence-corrected chi connectivity index (χ4v) is 3.19. The van der Waals surface area contributed by atoms with Gasteiger partial charge in [0.15, 0.2) is 6.10 Å². The molecule has 3 atom stereocenters. The zero-order chi connectivity index (χ0) is 15.0. The second-order valence-corrected chi connectivity index (χ2v) is 6.05. The van der Waals surface area contributed by atoms with Gasteiger partial charge in [-0.2, -0.15) is 0 Å². The Morgan fingerprint density at radius 3 is 2.86 bits per heavy atom. The molecule has 2 N–H and O–H groups in total. The number of amides is 1. The maximum absolute atomic E-state index is 12.2. The first-order valence-corrected chi connectivity index (χ1v) is 7.39. The Kier molecular flexibility index (Phi) is 3.76. The number of halogens is 1. The zero-order valence-electron chi connectivity index (χ0n) is 11.3. The number of carbonyl (C=O) groups excluding carboxylic acids is 1. The van der Waals surface area contributed by atoms with Crippen molar-refractivity contribution in [2.45, 2.75) is 37.8 Å². The van der Waals surface area contributed by atoms with Crippen molar-refractivity contribution in [1.82, 2.24) is 5.32 Å². The number of nitrogens with one attached hydrogen (secondary N) is 1. The smallest absolute Gasteiger partial charge is 0.306 e. The van der Waals surface area contributed by atoms with Crippen LogP contribution in [0.2, 0.25) is 5.02 Å². The van der Waals surface area contributed by atoms with Gasteiger partial charge in [-0.25, -0.2) is 0 Å². The molecule has 2 aliphatic rings. The van der Waals surface area contributed by atoms with E-state index in [2.05, 4.69) is 5.32 Å². The minimum absolute atomic E-state index is 0.0745. The number of benzene rings is 1. The number of fused-ring (bicyclic) bond motifs is 1. The molecule has 1 amide bonds. The van der Waals surface area contributed by atoms with Gasteiger partial charge in [0.25, 0.3) is 5.91 Å². The van der Waals surface area contributed by atoms with Crippen LogP contribution in [0.3, 0.4) is 0 Å². The molecule has 1 aromatic rings. The van der Waals surface area contributed by atoms with E-state index in [4.69, 9.17) is 21.4 Å². The van der Waals surface area contributed by atoms with E-state index in [0.717, 1.165) is 5.56 Å². The van der Waals surface area contributed by atoms with Crippen molar-refractivity contribution >= 4 is 23.5 Å². The van der Waals surface area contributed by atoms with Crippen molar-refractivity contribution in [1.29, 1.82) is 0 Å². The van der Waals surface area contributed by atoms with Crippen LogP contribution in [0.5, 0.6) is 5.75 Å². The number of carboxylic acids is 1. The van der Waals surface area contributed by atoms with E-state index in [-0.39, 0.29) is 17.9 Å². The molecule has 1 fully saturated rings. The minimum atomic E-state index is -0.786. The van der Waals surface area contributed by atoms with Crippen LogP contribution in [0, 0.1) is 5.92 Å². The van der Waals surface area contributed by atoms with Crippen LogP contribution in [-0.2, 0) is 16.0 Å². The second-order valence-electron chi connectivity index (χ2n) is 5.62. The molecule has 1 aliphatic heterocycles. The van der Waals surface area contributed by atoms with Gasteiger partial charge in [0, 0.05) is 17.5 Å². The third-order valence-corrected chi connectivity index (χ3v) is 4.35. The third-order valence-electron chi connectivity index (χ3n) is 4.12. The van der Waals surface area contributed by atoms with Gasteiger partial charge in [0.2, 0.25) is 0 Å². The zero-order valence-corrected chi connectivity index (χ0v) is 12.1. The maximum atomic E-state index is 12.2. The average Bonchev–Trinajstić information content (AvgIpc) is 3.04. The molecule has 1 unspecified atom stereocenters. The molecule has 5 nitrogen and oxygen atoms in total. The van der Waals surface area contributed by atoms with Crippen LogP contribution in [-0.4, -0.2) is 29.1 Å². The molecule has 3 rings (SSSR count). The molecule has 0 aromatic heterocycles. The molecule has 0 bridgehead atoms. The van der Waals surface area contributed by atoms with Crippen LogP contribution in [0.4, 0.5) is 0 Å². The lowest BCUT2D eigenvalue weighted by atomic mass is 10.1. The molecule has 1 aromatic carbocycles. The molecule has 1 aliphatic carbocycles. The topological polar surface area (TPSA) is 75.6 Å². The quantitative estimate of drug-likeness (QED) is 0.895. The summed E-state index contributed by atoms with van der Waals surface area (Å²) in [7, 11) is 0. The molecule has 1 heterocycles. The van der Waals surface area contributed by atoms with Gasteiger partial charge in [-0.15, -0.1) is 0 Å². The highest BCUT2D eigenvalue weighted by Gasteiger charge is 2.34. The summed E-state index contributed by atoms with van der Waals surface area (Å²) in [5.41, 5.74) is 0.928. The number of rotatable bonds is 3. The van der Waals surface area contributed by atoms with Crippen LogP contribution >= 0.6 is 11.6 Å². The van der Waals surface area contributed by atoms with Gasteiger partial charge in [-0.3, -0.25) is 9.59 Å². The van der Waals surface area contributed by atoms with Gasteiger partial charge in [-0.1, -0.05) is 11.6 Å². The summed E-state index contributed by atoms with van der Waals surface area (Å²) in [6.07, 6.45) is 1.75. The highest BCUT2D eigenvalue weighted by molar-refractivity contribution is 6.30. The van der Waals surface area contributed by atoms with Gasteiger partial charge < -0.3 is 15.2 Å². The van der Waals surface area contributed by atoms with E-state index in [0.29, 0.717) is 36.5 Å². The van der Waals surface area contributed by atoms with Crippen molar-refractivity contribution in [3.63, 3.8) is 0 Å². The average molecular weight is 310 g/mol. The van der Waals surface area contributed by atoms with Crippen molar-refractivity contribution < 1.29 is 19.4 Å². The van der Waals surface area contributed by atoms with E-state index < -0.39 is 12.1 Å². The summed E-state index contributed by atoms with van der Waals surface area (Å²) >= 11 is 5.92. The molecule has 112 valence electrons. The molecular weight excluding hydrogens is 294 g/mol. The lowest BCUT2D eigenvalue weighted by Gasteiger charge is -2.16. The van der Waals surface area contributed by atoms with Crippen molar-refractivity contribution in [3.05, 3.63) is 28.8 Å². The number of ether oxygens (including phenoxy) is 1. The van der Waals surface area contributed by atoms with E-state index >= 15 is 0 Å². The summed E-state index contributed by atoms with van der Waals surface area (Å²) in [5.74, 6) is -0.630. The van der Waals surface area contributed by atoms with Crippen LogP contribution in [0.25, 0.3) is 0 Å². The Balaban J connectivity index is 1.57. The van der Waals surface area contributed by atoms with Crippen molar-refractivity contribution in [2.75, 3.05) is 0 Å². The summed E-state index contributed by atoms with van der Waals surface area (Å²) in [5, 5.41) is 12.5. The first-order chi connectivity index (χ1) is 10.0. The van der Waals surface area contributed by atoms with E-state index in [9.17, 15) is 9.59 Å². The normalized spacial score (nSPS) is 27.0. The number of aliphatic carboxylic acids is 1. The standard InChI is InChI=1S/C15H16ClNO4/c16-10-2-4-12-9(5-10)7-13(21-12)14(18)17-11-3-1-8(6-11)15(19)20/h2,4-5,8,11,13H,1,3,6-7H2,(H,17,18)(H,19,20)/t8-,11+,13?/m0/s1. The Morgan fingerprint density at radius 2 is 2.14 bits per heavy atom. The molecule has 0 spiro atoms. The van der Waals surface area contributed by atoms with E-state index in [1.54, 1.807) is 18.2 Å². The summed E-state index contributed by atoms with van der Waals surface area (Å²) in [6, 6.07) is 5.23.